The molecule has 1 aliphatic heterocycles. The highest BCUT2D eigenvalue weighted by Crippen LogP contribution is 2.44. The number of phenols is 2. The van der Waals surface area contributed by atoms with Gasteiger partial charge in [0.2, 0.25) is 0 Å². The van der Waals surface area contributed by atoms with Crippen LogP contribution in [0.1, 0.15) is 52.4 Å². The van der Waals surface area contributed by atoms with Crippen LogP contribution in [-0.2, 0) is 0 Å². The van der Waals surface area contributed by atoms with E-state index in [2.05, 4.69) is 4.90 Å². The van der Waals surface area contributed by atoms with Crippen LogP contribution in [-0.4, -0.2) is 34.0 Å². The van der Waals surface area contributed by atoms with Gasteiger partial charge in [0.15, 0.2) is 5.78 Å². The summed E-state index contributed by atoms with van der Waals surface area (Å²) >= 11 is 6.53. The molecule has 0 bridgehead atoms. The maximum atomic E-state index is 13.1. The van der Waals surface area contributed by atoms with Gasteiger partial charge in [0.1, 0.15) is 11.5 Å². The molecule has 0 saturated carbocycles. The lowest BCUT2D eigenvalue weighted by Gasteiger charge is -2.36. The van der Waals surface area contributed by atoms with Crippen LogP contribution in [0.25, 0.3) is 0 Å². The van der Waals surface area contributed by atoms with E-state index in [1.807, 2.05) is 24.3 Å². The molecule has 2 N–H and O–H groups in total. The monoisotopic (exact) mass is 421 g/mol. The fourth-order valence-electron chi connectivity index (χ4n) is 4.20. The Morgan fingerprint density at radius 3 is 2.23 bits per heavy atom. The van der Waals surface area contributed by atoms with Gasteiger partial charge in [-0.3, -0.25) is 9.69 Å². The lowest BCUT2D eigenvalue weighted by Crippen LogP contribution is -2.34. The van der Waals surface area contributed by atoms with Crippen LogP contribution in [0.2, 0.25) is 5.02 Å². The lowest BCUT2D eigenvalue weighted by molar-refractivity contribution is 0.103. The molecule has 1 fully saturated rings. The van der Waals surface area contributed by atoms with E-state index in [4.69, 9.17) is 11.6 Å². The van der Waals surface area contributed by atoms with Crippen LogP contribution in [0.5, 0.6) is 11.5 Å². The largest absolute Gasteiger partial charge is 0.507 e. The minimum atomic E-state index is -0.442. The second-order valence-electron chi connectivity index (χ2n) is 7.61. The number of likely N-dealkylation sites (tertiary alicyclic amines) is 1. The van der Waals surface area contributed by atoms with Crippen molar-refractivity contribution in [1.29, 1.82) is 0 Å². The summed E-state index contributed by atoms with van der Waals surface area (Å²) in [4.78, 5) is 15.3. The fourth-order valence-corrected chi connectivity index (χ4v) is 4.44. The van der Waals surface area contributed by atoms with Crippen molar-refractivity contribution in [1.82, 2.24) is 4.90 Å². The highest BCUT2D eigenvalue weighted by atomic mass is 35.5. The van der Waals surface area contributed by atoms with E-state index in [-0.39, 0.29) is 22.8 Å². The molecular formula is C25H24ClNO3. The molecule has 0 aliphatic carbocycles. The summed E-state index contributed by atoms with van der Waals surface area (Å²) in [5.41, 5.74) is 1.78. The molecule has 1 heterocycles. The second-order valence-corrected chi connectivity index (χ2v) is 8.02. The van der Waals surface area contributed by atoms with Crippen molar-refractivity contribution >= 4 is 17.4 Å². The zero-order chi connectivity index (χ0) is 21.1. The highest BCUT2D eigenvalue weighted by Gasteiger charge is 2.32. The van der Waals surface area contributed by atoms with E-state index in [1.54, 1.807) is 30.3 Å². The topological polar surface area (TPSA) is 60.8 Å². The van der Waals surface area contributed by atoms with Gasteiger partial charge in [0, 0.05) is 10.6 Å². The molecule has 0 aromatic heterocycles. The molecule has 1 aliphatic rings. The normalized spacial score (nSPS) is 15.6. The zero-order valence-electron chi connectivity index (χ0n) is 16.6. The maximum absolute atomic E-state index is 13.1. The molecule has 4 rings (SSSR count). The Hall–Kier alpha value is -2.82. The van der Waals surface area contributed by atoms with Gasteiger partial charge >= 0.3 is 0 Å². The number of carbonyl (C=O) groups excluding carboxylic acids is 1. The van der Waals surface area contributed by atoms with Crippen molar-refractivity contribution in [3.63, 3.8) is 0 Å². The van der Waals surface area contributed by atoms with Crippen molar-refractivity contribution in [2.75, 3.05) is 13.1 Å². The highest BCUT2D eigenvalue weighted by molar-refractivity contribution is 6.31. The van der Waals surface area contributed by atoms with Crippen molar-refractivity contribution in [2.24, 2.45) is 0 Å². The number of piperidine rings is 1. The van der Waals surface area contributed by atoms with Crippen molar-refractivity contribution in [3.05, 3.63) is 94.0 Å². The average molecular weight is 422 g/mol. The number of nitrogens with zero attached hydrogens (tertiary/aromatic N) is 1. The van der Waals surface area contributed by atoms with E-state index < -0.39 is 6.04 Å². The van der Waals surface area contributed by atoms with E-state index >= 15 is 0 Å². The first kappa shape index (κ1) is 20.5. The molecular weight excluding hydrogens is 398 g/mol. The first-order valence-electron chi connectivity index (χ1n) is 10.2. The standard InChI is InChI=1S/C25H24ClNO3/c26-20-12-6-5-11-18(20)23(27-15-7-2-8-16-27)22-21(28)14-13-19(25(22)30)24(29)17-9-3-1-4-10-17/h1,3-6,9-14,23,28,30H,2,7-8,15-16H2/t23-/m1/s1. The predicted molar refractivity (Wildman–Crippen MR) is 118 cm³/mol. The van der Waals surface area contributed by atoms with Gasteiger partial charge in [-0.1, -0.05) is 66.6 Å². The Kier molecular flexibility index (Phi) is 6.07. The second kappa shape index (κ2) is 8.90. The van der Waals surface area contributed by atoms with Gasteiger partial charge < -0.3 is 10.2 Å². The molecule has 0 spiro atoms. The van der Waals surface area contributed by atoms with Crippen molar-refractivity contribution in [2.45, 2.75) is 25.3 Å². The molecule has 1 saturated heterocycles. The molecule has 5 heteroatoms. The van der Waals surface area contributed by atoms with Gasteiger partial charge in [-0.2, -0.15) is 0 Å². The number of benzene rings is 3. The Balaban J connectivity index is 1.86. The average Bonchev–Trinajstić information content (AvgIpc) is 2.78. The van der Waals surface area contributed by atoms with E-state index in [0.29, 0.717) is 16.1 Å². The van der Waals surface area contributed by atoms with Crippen LogP contribution in [0.15, 0.2) is 66.7 Å². The minimum Gasteiger partial charge on any atom is -0.507 e. The third-order valence-electron chi connectivity index (χ3n) is 5.70. The molecule has 154 valence electrons. The fraction of sp³-hybridized carbons (Fsp3) is 0.240. The molecule has 4 nitrogen and oxygen atoms in total. The first-order chi connectivity index (χ1) is 14.6. The Morgan fingerprint density at radius 2 is 1.53 bits per heavy atom. The van der Waals surface area contributed by atoms with E-state index in [1.165, 1.54) is 12.1 Å². The molecule has 3 aromatic carbocycles. The Bertz CT molecular complexity index is 1050. The molecule has 0 radical (unpaired) electrons. The van der Waals surface area contributed by atoms with E-state index in [0.717, 1.165) is 37.9 Å². The first-order valence-corrected chi connectivity index (χ1v) is 10.6. The predicted octanol–water partition coefficient (Wildman–Crippen LogP) is 5.56. The number of carbonyl (C=O) groups is 1. The third-order valence-corrected chi connectivity index (χ3v) is 6.05. The molecule has 0 unspecified atom stereocenters. The lowest BCUT2D eigenvalue weighted by atomic mass is 9.90. The van der Waals surface area contributed by atoms with Crippen LogP contribution in [0, 0.1) is 0 Å². The van der Waals surface area contributed by atoms with E-state index in [9.17, 15) is 15.0 Å². The summed E-state index contributed by atoms with van der Waals surface area (Å²) in [6, 6.07) is 18.8. The summed E-state index contributed by atoms with van der Waals surface area (Å²) in [7, 11) is 0. The minimum absolute atomic E-state index is 0.0485. The van der Waals surface area contributed by atoms with Gasteiger partial charge in [-0.25, -0.2) is 0 Å². The summed E-state index contributed by atoms with van der Waals surface area (Å²) in [5, 5.41) is 22.5. The number of aromatic hydroxyl groups is 2. The number of halogens is 1. The van der Waals surface area contributed by atoms with Crippen LogP contribution in [0.4, 0.5) is 0 Å². The quantitative estimate of drug-likeness (QED) is 0.529. The number of hydrogen-bond donors (Lipinski definition) is 2. The summed E-state index contributed by atoms with van der Waals surface area (Å²) in [6.07, 6.45) is 3.21. The summed E-state index contributed by atoms with van der Waals surface area (Å²) in [5.74, 6) is -0.530. The molecule has 3 aromatic rings. The Labute approximate surface area is 181 Å². The molecule has 30 heavy (non-hydrogen) atoms. The SMILES string of the molecule is O=C(c1ccccc1)c1ccc(O)c([C@@H](c2ccccc2Cl)N2CCCCC2)c1O. The maximum Gasteiger partial charge on any atom is 0.196 e. The van der Waals surface area contributed by atoms with Gasteiger partial charge in [0.25, 0.3) is 0 Å². The van der Waals surface area contributed by atoms with Crippen LogP contribution >= 0.6 is 11.6 Å². The molecule has 0 amide bonds. The van der Waals surface area contributed by atoms with Gasteiger partial charge in [-0.15, -0.1) is 0 Å². The molecule has 1 atom stereocenters. The smallest absolute Gasteiger partial charge is 0.196 e. The van der Waals surface area contributed by atoms with Gasteiger partial charge in [-0.05, 0) is 49.7 Å². The van der Waals surface area contributed by atoms with Gasteiger partial charge in [0.05, 0.1) is 17.2 Å². The van der Waals surface area contributed by atoms with Crippen LogP contribution in [0.3, 0.4) is 0 Å². The summed E-state index contributed by atoms with van der Waals surface area (Å²) in [6.45, 7) is 1.65. The van der Waals surface area contributed by atoms with Crippen LogP contribution < -0.4 is 0 Å². The summed E-state index contributed by atoms with van der Waals surface area (Å²) < 4.78 is 0. The number of phenolic OH excluding ortho intramolecular Hbond substituents is 2. The number of rotatable bonds is 5. The third kappa shape index (κ3) is 3.93. The number of hydrogen-bond acceptors (Lipinski definition) is 4. The van der Waals surface area contributed by atoms with Crippen molar-refractivity contribution < 1.29 is 15.0 Å². The van der Waals surface area contributed by atoms with Crippen molar-refractivity contribution in [3.8, 4) is 11.5 Å². The Morgan fingerprint density at radius 1 is 0.867 bits per heavy atom. The number of ketones is 1. The zero-order valence-corrected chi connectivity index (χ0v) is 17.3.